The fourth-order valence-electron chi connectivity index (χ4n) is 3.87. The van der Waals surface area contributed by atoms with Crippen molar-refractivity contribution in [3.63, 3.8) is 0 Å². The zero-order valence-corrected chi connectivity index (χ0v) is 19.7. The predicted molar refractivity (Wildman–Crippen MR) is 128 cm³/mol. The molecule has 0 spiro atoms. The lowest BCUT2D eigenvalue weighted by Crippen LogP contribution is -2.53. The standard InChI is InChI=1S/C26H33N3O4/c1-17(2)14-22(26(32)28-24-18(3)33-16-23(24)30)27-25(31)20-10-12-21(13-11-20)29(4)15-19-8-6-5-7-9-19/h5-13,17-18,22,24H,14-16H2,1-4H3,(H,27,31)(H,28,32)/t18-,22+,24+/m1/s1. The Balaban J connectivity index is 1.63. The molecule has 3 rings (SSSR count). The number of ether oxygens (including phenoxy) is 1. The number of amides is 2. The molecular formula is C26H33N3O4. The molecule has 2 N–H and O–H groups in total. The highest BCUT2D eigenvalue weighted by atomic mass is 16.5. The third-order valence-corrected chi connectivity index (χ3v) is 5.76. The maximum absolute atomic E-state index is 12.9. The summed E-state index contributed by atoms with van der Waals surface area (Å²) in [5.41, 5.74) is 2.66. The van der Waals surface area contributed by atoms with E-state index in [1.807, 2.05) is 51.2 Å². The van der Waals surface area contributed by atoms with Gasteiger partial charge in [0, 0.05) is 24.8 Å². The van der Waals surface area contributed by atoms with Crippen molar-refractivity contribution in [2.24, 2.45) is 5.92 Å². The highest BCUT2D eigenvalue weighted by molar-refractivity contribution is 5.99. The van der Waals surface area contributed by atoms with Crippen molar-refractivity contribution in [2.75, 3.05) is 18.6 Å². The highest BCUT2D eigenvalue weighted by Gasteiger charge is 2.35. The van der Waals surface area contributed by atoms with Gasteiger partial charge in [-0.25, -0.2) is 0 Å². The SMILES string of the molecule is CC(C)C[C@H](NC(=O)c1ccc(N(C)Cc2ccccc2)cc1)C(=O)N[C@@H]1C(=O)CO[C@@H]1C. The number of anilines is 1. The summed E-state index contributed by atoms with van der Waals surface area (Å²) in [4.78, 5) is 39.8. The van der Waals surface area contributed by atoms with Crippen molar-refractivity contribution in [1.82, 2.24) is 10.6 Å². The molecule has 0 aliphatic carbocycles. The van der Waals surface area contributed by atoms with Gasteiger partial charge in [-0.3, -0.25) is 14.4 Å². The van der Waals surface area contributed by atoms with Crippen LogP contribution in [0.2, 0.25) is 0 Å². The summed E-state index contributed by atoms with van der Waals surface area (Å²) in [5, 5.41) is 5.59. The van der Waals surface area contributed by atoms with Crippen LogP contribution in [-0.2, 0) is 20.9 Å². The van der Waals surface area contributed by atoms with E-state index in [2.05, 4.69) is 27.7 Å². The zero-order valence-electron chi connectivity index (χ0n) is 19.7. The molecule has 0 unspecified atom stereocenters. The summed E-state index contributed by atoms with van der Waals surface area (Å²) in [6, 6.07) is 16.0. The van der Waals surface area contributed by atoms with Crippen LogP contribution in [0.1, 0.15) is 43.1 Å². The van der Waals surface area contributed by atoms with E-state index in [9.17, 15) is 14.4 Å². The molecule has 7 nitrogen and oxygen atoms in total. The van der Waals surface area contributed by atoms with Gasteiger partial charge in [0.1, 0.15) is 18.7 Å². The van der Waals surface area contributed by atoms with Crippen molar-refractivity contribution in [3.05, 3.63) is 65.7 Å². The highest BCUT2D eigenvalue weighted by Crippen LogP contribution is 2.17. The second-order valence-electron chi connectivity index (χ2n) is 9.01. The number of benzene rings is 2. The first-order valence-corrected chi connectivity index (χ1v) is 11.3. The molecule has 1 fully saturated rings. The van der Waals surface area contributed by atoms with Crippen LogP contribution in [0.4, 0.5) is 5.69 Å². The summed E-state index contributed by atoms with van der Waals surface area (Å²) in [6.45, 7) is 6.47. The zero-order chi connectivity index (χ0) is 24.0. The number of hydrogen-bond acceptors (Lipinski definition) is 5. The van der Waals surface area contributed by atoms with Crippen LogP contribution in [0.15, 0.2) is 54.6 Å². The van der Waals surface area contributed by atoms with Gasteiger partial charge in [0.2, 0.25) is 5.91 Å². The number of nitrogens with one attached hydrogen (secondary N) is 2. The number of ketones is 1. The van der Waals surface area contributed by atoms with E-state index < -0.39 is 12.1 Å². The number of rotatable bonds is 9. The lowest BCUT2D eigenvalue weighted by atomic mass is 10.0. The maximum atomic E-state index is 12.9. The van der Waals surface area contributed by atoms with Crippen molar-refractivity contribution in [3.8, 4) is 0 Å². The van der Waals surface area contributed by atoms with Crippen molar-refractivity contribution < 1.29 is 19.1 Å². The van der Waals surface area contributed by atoms with Gasteiger partial charge in [-0.2, -0.15) is 0 Å². The first-order chi connectivity index (χ1) is 15.7. The van der Waals surface area contributed by atoms with Crippen molar-refractivity contribution in [2.45, 2.75) is 51.9 Å². The Bertz CT molecular complexity index is 959. The summed E-state index contributed by atoms with van der Waals surface area (Å²) in [5.74, 6) is -0.661. The summed E-state index contributed by atoms with van der Waals surface area (Å²) < 4.78 is 5.30. The number of nitrogens with zero attached hydrogens (tertiary/aromatic N) is 1. The number of Topliss-reactive ketones (excluding diaryl/α,β-unsaturated/α-hetero) is 1. The Hall–Kier alpha value is -3.19. The first kappa shape index (κ1) is 24.5. The minimum Gasteiger partial charge on any atom is -0.370 e. The van der Waals surface area contributed by atoms with Gasteiger partial charge in [0.25, 0.3) is 5.91 Å². The van der Waals surface area contributed by atoms with Crippen molar-refractivity contribution in [1.29, 1.82) is 0 Å². The largest absolute Gasteiger partial charge is 0.370 e. The van der Waals surface area contributed by atoms with E-state index in [0.717, 1.165) is 12.2 Å². The number of hydrogen-bond donors (Lipinski definition) is 2. The van der Waals surface area contributed by atoms with Gasteiger partial charge in [-0.05, 0) is 49.1 Å². The molecule has 176 valence electrons. The number of carbonyl (C=O) groups is 3. The molecule has 1 heterocycles. The van der Waals surface area contributed by atoms with Gasteiger partial charge < -0.3 is 20.3 Å². The van der Waals surface area contributed by atoms with Crippen LogP contribution in [0, 0.1) is 5.92 Å². The molecule has 0 aromatic heterocycles. The smallest absolute Gasteiger partial charge is 0.251 e. The van der Waals surface area contributed by atoms with Gasteiger partial charge in [-0.1, -0.05) is 44.2 Å². The Kier molecular flexibility index (Phi) is 8.22. The molecule has 0 bridgehead atoms. The average Bonchev–Trinajstić information content (AvgIpc) is 3.11. The Morgan fingerprint density at radius 2 is 1.76 bits per heavy atom. The van der Waals surface area contributed by atoms with Crippen LogP contribution >= 0.6 is 0 Å². The van der Waals surface area contributed by atoms with Crippen LogP contribution in [0.3, 0.4) is 0 Å². The van der Waals surface area contributed by atoms with E-state index in [1.54, 1.807) is 19.1 Å². The van der Waals surface area contributed by atoms with Crippen LogP contribution in [-0.4, -0.2) is 49.4 Å². The second kappa shape index (κ2) is 11.1. The van der Waals surface area contributed by atoms with Crippen LogP contribution < -0.4 is 15.5 Å². The minimum absolute atomic E-state index is 0.00160. The Morgan fingerprint density at radius 3 is 2.33 bits per heavy atom. The lowest BCUT2D eigenvalue weighted by Gasteiger charge is -2.23. The van der Waals surface area contributed by atoms with Crippen molar-refractivity contribution >= 4 is 23.3 Å². The molecular weight excluding hydrogens is 418 g/mol. The lowest BCUT2D eigenvalue weighted by molar-refractivity contribution is -0.127. The van der Waals surface area contributed by atoms with Gasteiger partial charge >= 0.3 is 0 Å². The molecule has 2 amide bonds. The van der Waals surface area contributed by atoms with Gasteiger partial charge in [0.15, 0.2) is 5.78 Å². The van der Waals surface area contributed by atoms with E-state index in [0.29, 0.717) is 12.0 Å². The average molecular weight is 452 g/mol. The molecule has 1 saturated heterocycles. The summed E-state index contributed by atoms with van der Waals surface area (Å²) >= 11 is 0. The van der Waals surface area contributed by atoms with Gasteiger partial charge in [0.05, 0.1) is 6.10 Å². The molecule has 0 radical (unpaired) electrons. The second-order valence-corrected chi connectivity index (χ2v) is 9.01. The monoisotopic (exact) mass is 451 g/mol. The fourth-order valence-corrected chi connectivity index (χ4v) is 3.87. The Morgan fingerprint density at radius 1 is 1.09 bits per heavy atom. The van der Waals surface area contributed by atoms with E-state index in [-0.39, 0.29) is 36.2 Å². The third-order valence-electron chi connectivity index (χ3n) is 5.76. The molecule has 7 heteroatoms. The number of carbonyl (C=O) groups excluding carboxylic acids is 3. The normalized spacial score (nSPS) is 18.8. The Labute approximate surface area is 195 Å². The van der Waals surface area contributed by atoms with E-state index >= 15 is 0 Å². The summed E-state index contributed by atoms with van der Waals surface area (Å²) in [6.07, 6.45) is 0.0864. The molecule has 0 saturated carbocycles. The quantitative estimate of drug-likeness (QED) is 0.612. The van der Waals surface area contributed by atoms with Crippen LogP contribution in [0.25, 0.3) is 0 Å². The van der Waals surface area contributed by atoms with E-state index in [1.165, 1.54) is 5.56 Å². The maximum Gasteiger partial charge on any atom is 0.251 e. The molecule has 33 heavy (non-hydrogen) atoms. The van der Waals surface area contributed by atoms with Crippen LogP contribution in [0.5, 0.6) is 0 Å². The fraction of sp³-hybridized carbons (Fsp3) is 0.423. The molecule has 3 atom stereocenters. The molecule has 2 aromatic rings. The minimum atomic E-state index is -0.737. The van der Waals surface area contributed by atoms with Gasteiger partial charge in [-0.15, -0.1) is 0 Å². The predicted octanol–water partition coefficient (Wildman–Crippen LogP) is 2.94. The molecule has 2 aromatic carbocycles. The molecule has 1 aliphatic rings. The third kappa shape index (κ3) is 6.65. The molecule has 1 aliphatic heterocycles. The first-order valence-electron chi connectivity index (χ1n) is 11.3. The topological polar surface area (TPSA) is 87.7 Å². The van der Waals surface area contributed by atoms with E-state index in [4.69, 9.17) is 4.74 Å². The summed E-state index contributed by atoms with van der Waals surface area (Å²) in [7, 11) is 2.00.